The second-order valence-corrected chi connectivity index (χ2v) is 6.36. The Bertz CT molecular complexity index is 574. The van der Waals surface area contributed by atoms with Crippen molar-refractivity contribution in [1.82, 2.24) is 15.5 Å². The van der Waals surface area contributed by atoms with Gasteiger partial charge in [-0.25, -0.2) is 0 Å². The SMILES string of the molecule is CN=C(NCc1ccc2c(c1)OCO2)NCC(C1CC1)N(C)C.I. The van der Waals surface area contributed by atoms with Gasteiger partial charge >= 0.3 is 0 Å². The number of hydrogen-bond donors (Lipinski definition) is 2. The molecule has 1 saturated carbocycles. The highest BCUT2D eigenvalue weighted by molar-refractivity contribution is 14.0. The summed E-state index contributed by atoms with van der Waals surface area (Å²) in [7, 11) is 6.09. The Hall–Kier alpha value is -1.22. The molecule has 1 aliphatic heterocycles. The Balaban J connectivity index is 0.00000208. The smallest absolute Gasteiger partial charge is 0.231 e. The van der Waals surface area contributed by atoms with Crippen molar-refractivity contribution in [3.05, 3.63) is 23.8 Å². The van der Waals surface area contributed by atoms with Gasteiger partial charge in [0.1, 0.15) is 0 Å². The van der Waals surface area contributed by atoms with Crippen LogP contribution >= 0.6 is 24.0 Å². The lowest BCUT2D eigenvalue weighted by Gasteiger charge is -2.25. The summed E-state index contributed by atoms with van der Waals surface area (Å²) in [6, 6.07) is 6.57. The number of ether oxygens (including phenoxy) is 2. The molecule has 1 aromatic rings. The number of nitrogens with one attached hydrogen (secondary N) is 2. The maximum atomic E-state index is 5.41. The second-order valence-electron chi connectivity index (χ2n) is 6.36. The zero-order valence-electron chi connectivity index (χ0n) is 14.5. The van der Waals surface area contributed by atoms with E-state index in [4.69, 9.17) is 9.47 Å². The van der Waals surface area contributed by atoms with E-state index in [1.54, 1.807) is 7.05 Å². The molecule has 3 rings (SSSR count). The molecular weight excluding hydrogens is 419 g/mol. The van der Waals surface area contributed by atoms with Crippen LogP contribution in [0.3, 0.4) is 0 Å². The zero-order chi connectivity index (χ0) is 16.2. The molecule has 0 saturated heterocycles. The van der Waals surface area contributed by atoms with Crippen molar-refractivity contribution >= 4 is 29.9 Å². The van der Waals surface area contributed by atoms with Crippen molar-refractivity contribution in [2.75, 3.05) is 34.5 Å². The molecule has 2 N–H and O–H groups in total. The molecule has 1 unspecified atom stereocenters. The quantitative estimate of drug-likeness (QED) is 0.398. The van der Waals surface area contributed by atoms with Crippen molar-refractivity contribution in [2.45, 2.75) is 25.4 Å². The third kappa shape index (κ3) is 4.89. The van der Waals surface area contributed by atoms with Gasteiger partial charge in [0, 0.05) is 26.2 Å². The van der Waals surface area contributed by atoms with Gasteiger partial charge in [0.2, 0.25) is 6.79 Å². The first kappa shape index (κ1) is 19.1. The molecular formula is C17H27IN4O2. The second kappa shape index (κ2) is 8.75. The summed E-state index contributed by atoms with van der Waals surface area (Å²) in [6.07, 6.45) is 2.68. The minimum atomic E-state index is 0. The summed E-state index contributed by atoms with van der Waals surface area (Å²) in [5.74, 6) is 3.28. The average Bonchev–Trinajstić information content (AvgIpc) is 3.26. The molecule has 0 amide bonds. The first-order valence-corrected chi connectivity index (χ1v) is 8.17. The van der Waals surface area contributed by atoms with Gasteiger partial charge in [-0.3, -0.25) is 4.99 Å². The Labute approximate surface area is 161 Å². The number of fused-ring (bicyclic) bond motifs is 1. The van der Waals surface area contributed by atoms with Crippen LogP contribution in [0.25, 0.3) is 0 Å². The summed E-state index contributed by atoms with van der Waals surface area (Å²) in [5.41, 5.74) is 1.14. The molecule has 1 atom stereocenters. The van der Waals surface area contributed by atoms with Crippen LogP contribution in [0, 0.1) is 5.92 Å². The lowest BCUT2D eigenvalue weighted by Crippen LogP contribution is -2.45. The summed E-state index contributed by atoms with van der Waals surface area (Å²) in [6.45, 7) is 1.92. The number of halogens is 1. The van der Waals surface area contributed by atoms with Gasteiger partial charge in [-0.2, -0.15) is 0 Å². The van der Waals surface area contributed by atoms with Crippen LogP contribution < -0.4 is 20.1 Å². The maximum Gasteiger partial charge on any atom is 0.231 e. The molecule has 6 nitrogen and oxygen atoms in total. The summed E-state index contributed by atoms with van der Waals surface area (Å²) in [4.78, 5) is 6.61. The Kier molecular flexibility index (Phi) is 6.97. The highest BCUT2D eigenvalue weighted by Gasteiger charge is 2.32. The first-order chi connectivity index (χ1) is 11.2. The van der Waals surface area contributed by atoms with Gasteiger partial charge in [0.05, 0.1) is 0 Å². The van der Waals surface area contributed by atoms with E-state index >= 15 is 0 Å². The minimum absolute atomic E-state index is 0. The van der Waals surface area contributed by atoms with Gasteiger partial charge in [0.25, 0.3) is 0 Å². The van der Waals surface area contributed by atoms with Crippen LogP contribution in [0.1, 0.15) is 18.4 Å². The van der Waals surface area contributed by atoms with Gasteiger partial charge in [-0.1, -0.05) is 6.07 Å². The number of nitrogens with zero attached hydrogens (tertiary/aromatic N) is 2. The largest absolute Gasteiger partial charge is 0.454 e. The number of guanidine groups is 1. The number of rotatable bonds is 6. The Morgan fingerprint density at radius 1 is 1.25 bits per heavy atom. The fraction of sp³-hybridized carbons (Fsp3) is 0.588. The number of likely N-dealkylation sites (N-methyl/N-ethyl adjacent to an activating group) is 1. The molecule has 1 fully saturated rings. The minimum Gasteiger partial charge on any atom is -0.454 e. The van der Waals surface area contributed by atoms with E-state index in [0.29, 0.717) is 19.4 Å². The Morgan fingerprint density at radius 3 is 2.67 bits per heavy atom. The van der Waals surface area contributed by atoms with E-state index in [1.165, 1.54) is 12.8 Å². The summed E-state index contributed by atoms with van der Waals surface area (Å²) >= 11 is 0. The van der Waals surface area contributed by atoms with E-state index < -0.39 is 0 Å². The molecule has 2 aliphatic rings. The maximum absolute atomic E-state index is 5.41. The van der Waals surface area contributed by atoms with E-state index in [2.05, 4.69) is 34.6 Å². The Morgan fingerprint density at radius 2 is 2.00 bits per heavy atom. The van der Waals surface area contributed by atoms with Crippen molar-refractivity contribution in [1.29, 1.82) is 0 Å². The first-order valence-electron chi connectivity index (χ1n) is 8.17. The summed E-state index contributed by atoms with van der Waals surface area (Å²) < 4.78 is 10.7. The van der Waals surface area contributed by atoms with Crippen molar-refractivity contribution in [2.24, 2.45) is 10.9 Å². The van der Waals surface area contributed by atoms with E-state index in [-0.39, 0.29) is 24.0 Å². The molecule has 1 aromatic carbocycles. The molecule has 7 heteroatoms. The molecule has 24 heavy (non-hydrogen) atoms. The highest BCUT2D eigenvalue weighted by Crippen LogP contribution is 2.34. The average molecular weight is 446 g/mol. The monoisotopic (exact) mass is 446 g/mol. The number of aliphatic imine (C=N–C) groups is 1. The fourth-order valence-corrected chi connectivity index (χ4v) is 2.91. The molecule has 0 bridgehead atoms. The highest BCUT2D eigenvalue weighted by atomic mass is 127. The van der Waals surface area contributed by atoms with Crippen LogP contribution in [-0.4, -0.2) is 51.4 Å². The fourth-order valence-electron chi connectivity index (χ4n) is 2.91. The molecule has 0 spiro atoms. The number of hydrogen-bond acceptors (Lipinski definition) is 4. The van der Waals surface area contributed by atoms with E-state index in [9.17, 15) is 0 Å². The van der Waals surface area contributed by atoms with Crippen LogP contribution in [0.15, 0.2) is 23.2 Å². The van der Waals surface area contributed by atoms with E-state index in [1.807, 2.05) is 18.2 Å². The number of benzene rings is 1. The standard InChI is InChI=1S/C17H26N4O2.HI/c1-18-17(20-10-14(21(2)3)13-5-6-13)19-9-12-4-7-15-16(8-12)23-11-22-15;/h4,7-8,13-14H,5-6,9-11H2,1-3H3,(H2,18,19,20);1H. The lowest BCUT2D eigenvalue weighted by atomic mass is 10.1. The van der Waals surface area contributed by atoms with Gasteiger partial charge in [-0.05, 0) is 50.6 Å². The third-order valence-electron chi connectivity index (χ3n) is 4.43. The molecule has 1 heterocycles. The molecule has 0 radical (unpaired) electrons. The van der Waals surface area contributed by atoms with Crippen LogP contribution in [0.2, 0.25) is 0 Å². The molecule has 0 aromatic heterocycles. The summed E-state index contributed by atoms with van der Waals surface area (Å²) in [5, 5.41) is 6.79. The van der Waals surface area contributed by atoms with E-state index in [0.717, 1.165) is 35.5 Å². The van der Waals surface area contributed by atoms with Crippen molar-refractivity contribution < 1.29 is 9.47 Å². The van der Waals surface area contributed by atoms with Crippen molar-refractivity contribution in [3.63, 3.8) is 0 Å². The molecule has 134 valence electrons. The predicted octanol–water partition coefficient (Wildman–Crippen LogP) is 2.04. The van der Waals surface area contributed by atoms with Gasteiger partial charge in [0.15, 0.2) is 17.5 Å². The van der Waals surface area contributed by atoms with Crippen molar-refractivity contribution in [3.8, 4) is 11.5 Å². The van der Waals surface area contributed by atoms with Gasteiger partial charge in [-0.15, -0.1) is 24.0 Å². The lowest BCUT2D eigenvalue weighted by molar-refractivity contribution is 0.174. The van der Waals surface area contributed by atoms with Gasteiger partial charge < -0.3 is 25.0 Å². The topological polar surface area (TPSA) is 58.1 Å². The van der Waals surface area contributed by atoms with Crippen LogP contribution in [0.5, 0.6) is 11.5 Å². The molecule has 1 aliphatic carbocycles. The third-order valence-corrected chi connectivity index (χ3v) is 4.43. The van der Waals surface area contributed by atoms with Crippen LogP contribution in [0.4, 0.5) is 0 Å². The normalized spacial score (nSPS) is 17.4. The van der Waals surface area contributed by atoms with Crippen LogP contribution in [-0.2, 0) is 6.54 Å². The predicted molar refractivity (Wildman–Crippen MR) is 106 cm³/mol. The zero-order valence-corrected chi connectivity index (χ0v) is 16.9.